The molecule has 19 heavy (non-hydrogen) atoms. The molecule has 0 aromatic heterocycles. The van der Waals surface area contributed by atoms with Gasteiger partial charge in [0, 0.05) is 0 Å². The van der Waals surface area contributed by atoms with Gasteiger partial charge < -0.3 is 10.4 Å². The first-order valence-corrected chi connectivity index (χ1v) is 6.20. The molecule has 0 radical (unpaired) electrons. The number of nitrogens with one attached hydrogen (secondary N) is 1. The van der Waals surface area contributed by atoms with Crippen LogP contribution in [0.3, 0.4) is 0 Å². The molecule has 110 valence electrons. The third-order valence-corrected chi connectivity index (χ3v) is 3.41. The van der Waals surface area contributed by atoms with Gasteiger partial charge in [-0.3, -0.25) is 9.35 Å². The summed E-state index contributed by atoms with van der Waals surface area (Å²) in [5, 5.41) is 9.97. The molecule has 0 unspecified atom stereocenters. The predicted octanol–water partition coefficient (Wildman–Crippen LogP) is -1.00. The molecule has 0 aliphatic carbocycles. The molecule has 3 N–H and O–H groups in total. The van der Waals surface area contributed by atoms with Crippen LogP contribution in [0.1, 0.15) is 6.42 Å². The van der Waals surface area contributed by atoms with Gasteiger partial charge in [0.05, 0.1) is 6.04 Å². The quantitative estimate of drug-likeness (QED) is 0.419. The first-order chi connectivity index (χ1) is 8.46. The summed E-state index contributed by atoms with van der Waals surface area (Å²) in [6.07, 6.45) is -4.50. The summed E-state index contributed by atoms with van der Waals surface area (Å²) in [6, 6.07) is -0.764. The maximum absolute atomic E-state index is 11.0. The van der Waals surface area contributed by atoms with Crippen LogP contribution in [0.2, 0.25) is 0 Å². The van der Waals surface area contributed by atoms with E-state index in [-0.39, 0.29) is 6.04 Å². The number of nitrogens with zero attached hydrogens (tertiary/aromatic N) is 1. The number of carbonyl (C=O) groups is 2. The molecule has 2 saturated heterocycles. The number of alkyl halides is 3. The number of amides is 1. The van der Waals surface area contributed by atoms with Crippen LogP contribution < -0.4 is 5.32 Å². The van der Waals surface area contributed by atoms with Crippen molar-refractivity contribution in [2.45, 2.75) is 24.7 Å². The third-order valence-electron chi connectivity index (χ3n) is 2.46. The highest BCUT2D eigenvalue weighted by atomic mass is 32.2. The smallest absolute Gasteiger partial charge is 0.475 e. The van der Waals surface area contributed by atoms with Crippen molar-refractivity contribution in [3.63, 3.8) is 0 Å². The topological polar surface area (TPSA) is 124 Å². The van der Waals surface area contributed by atoms with Crippen molar-refractivity contribution < 1.29 is 40.8 Å². The zero-order valence-electron chi connectivity index (χ0n) is 9.09. The standard InChI is InChI=1S/C5H8N2O4S.C2HF3O2/c8-5-4-3(1-2-6-4)7(5)12(9,10)11;3-2(4,5)1(6)7/h3-4,6H,1-2H2,(H,9,10,11);(H,6,7)/t3-,4+;/m1./s1. The van der Waals surface area contributed by atoms with Gasteiger partial charge in [-0.25, -0.2) is 9.10 Å². The van der Waals surface area contributed by atoms with Crippen molar-refractivity contribution in [2.24, 2.45) is 0 Å². The van der Waals surface area contributed by atoms with Crippen molar-refractivity contribution in [1.29, 1.82) is 0 Å². The molecule has 2 aliphatic rings. The molecule has 8 nitrogen and oxygen atoms in total. The Balaban J connectivity index is 0.000000224. The number of hydrogen-bond acceptors (Lipinski definition) is 5. The van der Waals surface area contributed by atoms with Crippen LogP contribution in [0, 0.1) is 0 Å². The van der Waals surface area contributed by atoms with Gasteiger partial charge >= 0.3 is 22.4 Å². The van der Waals surface area contributed by atoms with Crippen molar-refractivity contribution in [3.05, 3.63) is 0 Å². The molecule has 2 heterocycles. The highest BCUT2D eigenvalue weighted by Gasteiger charge is 2.55. The number of aliphatic carboxylic acids is 1. The van der Waals surface area contributed by atoms with Gasteiger partial charge in [-0.05, 0) is 13.0 Å². The Morgan fingerprint density at radius 1 is 1.42 bits per heavy atom. The van der Waals surface area contributed by atoms with Gasteiger partial charge in [0.25, 0.3) is 5.91 Å². The number of halogens is 3. The van der Waals surface area contributed by atoms with Crippen LogP contribution in [0.15, 0.2) is 0 Å². The summed E-state index contributed by atoms with van der Waals surface area (Å²) >= 11 is 0. The fourth-order valence-corrected chi connectivity index (χ4v) is 2.61. The molecule has 2 fully saturated rings. The van der Waals surface area contributed by atoms with E-state index < -0.39 is 34.4 Å². The minimum absolute atomic E-state index is 0.368. The molecule has 0 aromatic rings. The van der Waals surface area contributed by atoms with Crippen molar-refractivity contribution in [3.8, 4) is 0 Å². The Kier molecular flexibility index (Phi) is 4.07. The maximum atomic E-state index is 11.0. The van der Waals surface area contributed by atoms with Crippen LogP contribution >= 0.6 is 0 Å². The van der Waals surface area contributed by atoms with Gasteiger partial charge in [0.2, 0.25) is 0 Å². The van der Waals surface area contributed by atoms with E-state index in [1.807, 2.05) is 0 Å². The van der Waals surface area contributed by atoms with E-state index >= 15 is 0 Å². The lowest BCUT2D eigenvalue weighted by molar-refractivity contribution is -0.192. The molecule has 12 heteroatoms. The van der Waals surface area contributed by atoms with Crippen molar-refractivity contribution in [1.82, 2.24) is 9.62 Å². The van der Waals surface area contributed by atoms with Gasteiger partial charge in [-0.15, -0.1) is 0 Å². The number of fused-ring (bicyclic) bond motifs is 1. The SMILES string of the molecule is O=C(O)C(F)(F)F.O=C1[C@H]2NCC[C@H]2N1S(=O)(=O)O. The van der Waals surface area contributed by atoms with Gasteiger partial charge in [0.15, 0.2) is 0 Å². The normalized spacial score (nSPS) is 26.1. The van der Waals surface area contributed by atoms with Crippen LogP contribution in [0.25, 0.3) is 0 Å². The first kappa shape index (κ1) is 15.7. The van der Waals surface area contributed by atoms with Crippen LogP contribution in [0.4, 0.5) is 13.2 Å². The van der Waals surface area contributed by atoms with Crippen LogP contribution in [0.5, 0.6) is 0 Å². The zero-order valence-corrected chi connectivity index (χ0v) is 9.90. The molecule has 2 rings (SSSR count). The first-order valence-electron chi connectivity index (χ1n) is 4.80. The Labute approximate surface area is 105 Å². The van der Waals surface area contributed by atoms with Crippen LogP contribution in [-0.4, -0.2) is 59.1 Å². The largest absolute Gasteiger partial charge is 0.490 e. The Morgan fingerprint density at radius 3 is 2.26 bits per heavy atom. The fraction of sp³-hybridized carbons (Fsp3) is 0.714. The highest BCUT2D eigenvalue weighted by molar-refractivity contribution is 7.84. The summed E-state index contributed by atoms with van der Waals surface area (Å²) in [4.78, 5) is 19.9. The molecular weight excluding hydrogens is 297 g/mol. The lowest BCUT2D eigenvalue weighted by atomic mass is 10.0. The molecule has 0 bridgehead atoms. The Bertz CT molecular complexity index is 490. The second-order valence-electron chi connectivity index (χ2n) is 3.70. The predicted molar refractivity (Wildman–Crippen MR) is 52.3 cm³/mol. The second-order valence-corrected chi connectivity index (χ2v) is 4.99. The lowest BCUT2D eigenvalue weighted by Gasteiger charge is -2.39. The maximum Gasteiger partial charge on any atom is 0.490 e. The Morgan fingerprint density at radius 2 is 1.89 bits per heavy atom. The van der Waals surface area contributed by atoms with E-state index in [4.69, 9.17) is 14.5 Å². The van der Waals surface area contributed by atoms with E-state index in [9.17, 15) is 26.4 Å². The van der Waals surface area contributed by atoms with E-state index in [0.717, 1.165) is 0 Å². The van der Waals surface area contributed by atoms with Crippen molar-refractivity contribution >= 4 is 22.2 Å². The van der Waals surface area contributed by atoms with E-state index in [1.54, 1.807) is 0 Å². The van der Waals surface area contributed by atoms with E-state index in [0.29, 0.717) is 17.3 Å². The molecule has 0 saturated carbocycles. The minimum atomic E-state index is -5.08. The molecule has 0 aromatic carbocycles. The second kappa shape index (κ2) is 4.94. The molecule has 2 atom stereocenters. The summed E-state index contributed by atoms with van der Waals surface area (Å²) in [7, 11) is -4.33. The van der Waals surface area contributed by atoms with E-state index in [2.05, 4.69) is 5.32 Å². The van der Waals surface area contributed by atoms with Crippen LogP contribution in [-0.2, 0) is 19.9 Å². The van der Waals surface area contributed by atoms with Gasteiger partial charge in [0.1, 0.15) is 6.04 Å². The number of carboxylic acids is 1. The highest BCUT2D eigenvalue weighted by Crippen LogP contribution is 2.29. The zero-order chi connectivity index (χ0) is 15.0. The molecule has 1 amide bonds. The molecular formula is C7H9F3N2O6S. The minimum Gasteiger partial charge on any atom is -0.475 e. The average Bonchev–Trinajstić information content (AvgIpc) is 2.58. The molecule has 0 spiro atoms. The number of hydrogen-bond donors (Lipinski definition) is 3. The Hall–Kier alpha value is -1.40. The van der Waals surface area contributed by atoms with Gasteiger partial charge in [-0.2, -0.15) is 21.6 Å². The molecule has 2 aliphatic heterocycles. The number of carboxylic acid groups (broad SMARTS) is 1. The van der Waals surface area contributed by atoms with Crippen molar-refractivity contribution in [2.75, 3.05) is 6.54 Å². The number of β-lactam (4-membered cyclic amide) rings is 1. The number of carbonyl (C=O) groups excluding carboxylic acids is 1. The van der Waals surface area contributed by atoms with E-state index in [1.165, 1.54) is 0 Å². The number of rotatable bonds is 1. The average molecular weight is 306 g/mol. The summed E-state index contributed by atoms with van der Waals surface area (Å²) < 4.78 is 62.1. The lowest BCUT2D eigenvalue weighted by Crippen LogP contribution is -2.67. The summed E-state index contributed by atoms with van der Waals surface area (Å²) in [6.45, 7) is 0.618. The van der Waals surface area contributed by atoms with Gasteiger partial charge in [-0.1, -0.05) is 0 Å². The third kappa shape index (κ3) is 3.33. The monoisotopic (exact) mass is 306 g/mol. The fourth-order valence-electron chi connectivity index (χ4n) is 1.70. The summed E-state index contributed by atoms with van der Waals surface area (Å²) in [5.74, 6) is -3.31. The summed E-state index contributed by atoms with van der Waals surface area (Å²) in [5.41, 5.74) is 0.